The Morgan fingerprint density at radius 2 is 1.68 bits per heavy atom. The number of benzene rings is 1. The number of hydrogen-bond acceptors (Lipinski definition) is 1. The molecule has 4 heteroatoms. The Hall–Kier alpha value is -1.03. The van der Waals surface area contributed by atoms with Crippen LogP contribution in [0.5, 0.6) is 0 Å². The fourth-order valence-corrected chi connectivity index (χ4v) is 2.88. The summed E-state index contributed by atoms with van der Waals surface area (Å²) < 4.78 is 39.6. The Balaban J connectivity index is 2.10. The average Bonchev–Trinajstić information content (AvgIpc) is 2.89. The second kappa shape index (κ2) is 5.95. The van der Waals surface area contributed by atoms with Crippen LogP contribution in [0.25, 0.3) is 0 Å². The van der Waals surface area contributed by atoms with Gasteiger partial charge >= 0.3 is 6.18 Å². The molecule has 1 N–H and O–H groups in total. The summed E-state index contributed by atoms with van der Waals surface area (Å²) in [6.07, 6.45) is 0.0900. The van der Waals surface area contributed by atoms with E-state index in [1.807, 2.05) is 6.92 Å². The van der Waals surface area contributed by atoms with E-state index >= 15 is 0 Å². The molecule has 0 aromatic heterocycles. The van der Waals surface area contributed by atoms with Crippen molar-refractivity contribution in [3.63, 3.8) is 0 Å². The van der Waals surface area contributed by atoms with E-state index in [0.29, 0.717) is 11.5 Å². The molecule has 0 radical (unpaired) electrons. The van der Waals surface area contributed by atoms with E-state index in [1.54, 1.807) is 18.2 Å². The minimum atomic E-state index is -4.26. The van der Waals surface area contributed by atoms with Crippen molar-refractivity contribution in [3.8, 4) is 0 Å². The number of nitrogens with one attached hydrogen (secondary N) is 1. The predicted molar refractivity (Wildman–Crippen MR) is 69.8 cm³/mol. The summed E-state index contributed by atoms with van der Waals surface area (Å²) in [5.41, 5.74) is 0.292. The second-order valence-electron chi connectivity index (χ2n) is 5.39. The molecule has 0 amide bonds. The van der Waals surface area contributed by atoms with Gasteiger partial charge in [0.15, 0.2) is 0 Å². The van der Waals surface area contributed by atoms with Crippen LogP contribution in [0, 0.1) is 5.92 Å². The lowest BCUT2D eigenvalue weighted by molar-refractivity contribution is -0.160. The summed E-state index contributed by atoms with van der Waals surface area (Å²) in [7, 11) is 0. The van der Waals surface area contributed by atoms with Crippen LogP contribution in [-0.4, -0.2) is 12.2 Å². The Bertz CT molecular complexity index is 382. The monoisotopic (exact) mass is 271 g/mol. The largest absolute Gasteiger partial charge is 0.407 e. The fourth-order valence-electron chi connectivity index (χ4n) is 2.88. The van der Waals surface area contributed by atoms with Gasteiger partial charge in [-0.2, -0.15) is 13.2 Å². The zero-order chi connectivity index (χ0) is 13.9. The topological polar surface area (TPSA) is 12.0 Å². The number of hydrogen-bond donors (Lipinski definition) is 1. The highest BCUT2D eigenvalue weighted by atomic mass is 19.4. The van der Waals surface area contributed by atoms with E-state index in [9.17, 15) is 13.2 Å². The van der Waals surface area contributed by atoms with Crippen molar-refractivity contribution in [2.75, 3.05) is 0 Å². The molecule has 0 heterocycles. The summed E-state index contributed by atoms with van der Waals surface area (Å²) in [6, 6.07) is 6.43. The molecule has 1 aliphatic rings. The smallest absolute Gasteiger partial charge is 0.300 e. The van der Waals surface area contributed by atoms with Crippen LogP contribution in [0.2, 0.25) is 0 Å². The van der Waals surface area contributed by atoms with E-state index in [-0.39, 0.29) is 6.04 Å². The molecule has 2 unspecified atom stereocenters. The molecular weight excluding hydrogens is 251 g/mol. The summed E-state index contributed by atoms with van der Waals surface area (Å²) >= 11 is 0. The van der Waals surface area contributed by atoms with Crippen LogP contribution >= 0.6 is 0 Å². The van der Waals surface area contributed by atoms with Crippen LogP contribution in [0.3, 0.4) is 0 Å². The first-order chi connectivity index (χ1) is 8.98. The molecule has 19 heavy (non-hydrogen) atoms. The standard InChI is InChI=1S/C15H20F3N/c1-11(12-7-5-6-8-12)19-14(15(16,17)18)13-9-3-2-4-10-13/h2-4,9-12,14,19H,5-8H2,1H3. The summed E-state index contributed by atoms with van der Waals surface area (Å²) in [6.45, 7) is 1.87. The van der Waals surface area contributed by atoms with Crippen molar-refractivity contribution < 1.29 is 13.2 Å². The maximum absolute atomic E-state index is 13.2. The van der Waals surface area contributed by atoms with Crippen molar-refractivity contribution >= 4 is 0 Å². The molecule has 1 fully saturated rings. The Labute approximate surface area is 112 Å². The average molecular weight is 271 g/mol. The lowest BCUT2D eigenvalue weighted by Gasteiger charge is -2.29. The van der Waals surface area contributed by atoms with Crippen molar-refractivity contribution in [1.82, 2.24) is 5.32 Å². The first-order valence-electron chi connectivity index (χ1n) is 6.86. The van der Waals surface area contributed by atoms with Crippen LogP contribution < -0.4 is 5.32 Å². The molecule has 0 bridgehead atoms. The third-order valence-corrected chi connectivity index (χ3v) is 4.00. The maximum Gasteiger partial charge on any atom is 0.407 e. The van der Waals surface area contributed by atoms with E-state index in [0.717, 1.165) is 25.7 Å². The van der Waals surface area contributed by atoms with Crippen molar-refractivity contribution in [2.45, 2.75) is 50.9 Å². The molecule has 106 valence electrons. The van der Waals surface area contributed by atoms with Gasteiger partial charge in [-0.3, -0.25) is 5.32 Å². The number of halogens is 3. The molecule has 1 aromatic carbocycles. The molecule has 1 aliphatic carbocycles. The van der Waals surface area contributed by atoms with Gasteiger partial charge in [0.25, 0.3) is 0 Å². The third kappa shape index (κ3) is 3.72. The molecule has 2 atom stereocenters. The van der Waals surface area contributed by atoms with Gasteiger partial charge < -0.3 is 0 Å². The SMILES string of the molecule is CC(NC(c1ccccc1)C(F)(F)F)C1CCCC1. The molecule has 1 saturated carbocycles. The Morgan fingerprint density at radius 3 is 2.21 bits per heavy atom. The van der Waals surface area contributed by atoms with Gasteiger partial charge in [0.1, 0.15) is 6.04 Å². The zero-order valence-electron chi connectivity index (χ0n) is 11.1. The summed E-state index contributed by atoms with van der Waals surface area (Å²) in [5.74, 6) is 0.369. The first-order valence-corrected chi connectivity index (χ1v) is 6.86. The van der Waals surface area contributed by atoms with Gasteiger partial charge in [0.2, 0.25) is 0 Å². The molecule has 0 spiro atoms. The third-order valence-electron chi connectivity index (χ3n) is 4.00. The molecule has 1 nitrogen and oxygen atoms in total. The highest BCUT2D eigenvalue weighted by molar-refractivity contribution is 5.20. The highest BCUT2D eigenvalue weighted by Crippen LogP contribution is 2.35. The van der Waals surface area contributed by atoms with Gasteiger partial charge in [-0.25, -0.2) is 0 Å². The molecule has 0 aliphatic heterocycles. The van der Waals surface area contributed by atoms with Gasteiger partial charge in [0.05, 0.1) is 0 Å². The maximum atomic E-state index is 13.2. The Morgan fingerprint density at radius 1 is 1.11 bits per heavy atom. The quantitative estimate of drug-likeness (QED) is 0.852. The minimum absolute atomic E-state index is 0.102. The van der Waals surface area contributed by atoms with E-state index in [2.05, 4.69) is 5.32 Å². The summed E-state index contributed by atoms with van der Waals surface area (Å²) in [5, 5.41) is 2.79. The summed E-state index contributed by atoms with van der Waals surface area (Å²) in [4.78, 5) is 0. The second-order valence-corrected chi connectivity index (χ2v) is 5.39. The lowest BCUT2D eigenvalue weighted by Crippen LogP contribution is -2.42. The number of alkyl halides is 3. The van der Waals surface area contributed by atoms with E-state index in [1.165, 1.54) is 12.1 Å². The Kier molecular flexibility index (Phi) is 4.50. The zero-order valence-corrected chi connectivity index (χ0v) is 11.1. The first kappa shape index (κ1) is 14.4. The van der Waals surface area contributed by atoms with Crippen LogP contribution in [0.15, 0.2) is 30.3 Å². The van der Waals surface area contributed by atoms with E-state index < -0.39 is 12.2 Å². The van der Waals surface area contributed by atoms with Crippen LogP contribution in [0.4, 0.5) is 13.2 Å². The van der Waals surface area contributed by atoms with Gasteiger partial charge in [-0.1, -0.05) is 43.2 Å². The number of rotatable bonds is 4. The van der Waals surface area contributed by atoms with Crippen LogP contribution in [0.1, 0.15) is 44.2 Å². The van der Waals surface area contributed by atoms with Crippen LogP contribution in [-0.2, 0) is 0 Å². The highest BCUT2D eigenvalue weighted by Gasteiger charge is 2.42. The molecule has 1 aromatic rings. The van der Waals surface area contributed by atoms with Crippen molar-refractivity contribution in [2.24, 2.45) is 5.92 Å². The lowest BCUT2D eigenvalue weighted by atomic mass is 9.97. The molecule has 0 saturated heterocycles. The minimum Gasteiger partial charge on any atom is -0.300 e. The van der Waals surface area contributed by atoms with Crippen molar-refractivity contribution in [1.29, 1.82) is 0 Å². The van der Waals surface area contributed by atoms with Gasteiger partial charge in [0, 0.05) is 6.04 Å². The van der Waals surface area contributed by atoms with Gasteiger partial charge in [-0.05, 0) is 31.2 Å². The fraction of sp³-hybridized carbons (Fsp3) is 0.600. The predicted octanol–water partition coefficient (Wildman–Crippen LogP) is 4.46. The molecular formula is C15H20F3N. The van der Waals surface area contributed by atoms with Gasteiger partial charge in [-0.15, -0.1) is 0 Å². The molecule has 2 rings (SSSR count). The normalized spacial score (nSPS) is 20.4. The van der Waals surface area contributed by atoms with E-state index in [4.69, 9.17) is 0 Å². The van der Waals surface area contributed by atoms with Crippen molar-refractivity contribution in [3.05, 3.63) is 35.9 Å².